The van der Waals surface area contributed by atoms with E-state index >= 15 is 0 Å². The van der Waals surface area contributed by atoms with Crippen LogP contribution in [0.3, 0.4) is 0 Å². The van der Waals surface area contributed by atoms with Crippen molar-refractivity contribution in [2.45, 2.75) is 45.3 Å². The third kappa shape index (κ3) is 3.84. The van der Waals surface area contributed by atoms with Crippen LogP contribution in [0.5, 0.6) is 0 Å². The zero-order valence-corrected chi connectivity index (χ0v) is 17.7. The van der Waals surface area contributed by atoms with Crippen LogP contribution in [0.25, 0.3) is 11.4 Å². The minimum atomic E-state index is -0.250. The van der Waals surface area contributed by atoms with Crippen molar-refractivity contribution in [1.82, 2.24) is 25.5 Å². The van der Waals surface area contributed by atoms with Crippen molar-refractivity contribution < 1.29 is 9.32 Å². The fourth-order valence-electron chi connectivity index (χ4n) is 4.14. The van der Waals surface area contributed by atoms with E-state index in [1.54, 1.807) is 11.1 Å². The fourth-order valence-corrected chi connectivity index (χ4v) is 4.14. The van der Waals surface area contributed by atoms with Crippen molar-refractivity contribution in [2.75, 3.05) is 0 Å². The van der Waals surface area contributed by atoms with Crippen molar-refractivity contribution in [1.29, 1.82) is 0 Å². The van der Waals surface area contributed by atoms with Crippen LogP contribution in [0, 0.1) is 6.92 Å². The molecule has 0 radical (unpaired) electrons. The molecule has 2 aliphatic heterocycles. The molecular weight excluding hydrogens is 390 g/mol. The van der Waals surface area contributed by atoms with E-state index in [1.807, 2.05) is 42.4 Å². The average molecular weight is 415 g/mol. The molecule has 1 aromatic heterocycles. The number of hydrazine groups is 1. The smallest absolute Gasteiger partial charge is 0.251 e. The maximum absolute atomic E-state index is 13.1. The third-order valence-electron chi connectivity index (χ3n) is 5.92. The zero-order chi connectivity index (χ0) is 21.4. The molecule has 7 heteroatoms. The Kier molecular flexibility index (Phi) is 5.03. The molecule has 3 aromatic rings. The van der Waals surface area contributed by atoms with Gasteiger partial charge in [0.2, 0.25) is 11.7 Å². The number of hydrogen-bond acceptors (Lipinski definition) is 6. The van der Waals surface area contributed by atoms with Gasteiger partial charge >= 0.3 is 0 Å². The highest BCUT2D eigenvalue weighted by atomic mass is 16.5. The second-order valence-electron chi connectivity index (χ2n) is 8.08. The molecule has 31 heavy (non-hydrogen) atoms. The van der Waals surface area contributed by atoms with Gasteiger partial charge in [-0.3, -0.25) is 4.79 Å². The number of fused-ring (bicyclic) bond motifs is 1. The minimum absolute atomic E-state index is 0.0259. The minimum Gasteiger partial charge on any atom is -0.337 e. The number of carbonyl (C=O) groups is 1. The van der Waals surface area contributed by atoms with E-state index in [4.69, 9.17) is 4.52 Å². The van der Waals surface area contributed by atoms with Gasteiger partial charge in [0.15, 0.2) is 0 Å². The molecule has 2 atom stereocenters. The quantitative estimate of drug-likeness (QED) is 0.684. The van der Waals surface area contributed by atoms with E-state index in [2.05, 4.69) is 46.8 Å². The number of nitrogens with zero attached hydrogens (tertiary/aromatic N) is 4. The number of aromatic nitrogens is 2. The Morgan fingerprint density at radius 2 is 2.00 bits per heavy atom. The molecule has 7 nitrogen and oxygen atoms in total. The SMILES string of the molecule is CCc1ccc(C2CC3C(=O)N(Cc4nc(-c5cccc(C)c5)no4)C=CN3N2)cc1. The van der Waals surface area contributed by atoms with E-state index in [0.29, 0.717) is 18.1 Å². The van der Waals surface area contributed by atoms with Gasteiger partial charge in [0.1, 0.15) is 12.6 Å². The number of hydrogen-bond donors (Lipinski definition) is 1. The Bertz CT molecular complexity index is 1120. The summed E-state index contributed by atoms with van der Waals surface area (Å²) in [6.45, 7) is 4.43. The number of carbonyl (C=O) groups excluding carboxylic acids is 1. The molecular formula is C24H25N5O2. The van der Waals surface area contributed by atoms with Crippen molar-refractivity contribution >= 4 is 5.91 Å². The summed E-state index contributed by atoms with van der Waals surface area (Å²) in [6, 6.07) is 16.4. The van der Waals surface area contributed by atoms with E-state index in [0.717, 1.165) is 17.5 Å². The van der Waals surface area contributed by atoms with Crippen LogP contribution >= 0.6 is 0 Å². The monoisotopic (exact) mass is 415 g/mol. The Balaban J connectivity index is 1.27. The molecule has 1 fully saturated rings. The first-order chi connectivity index (χ1) is 15.1. The summed E-state index contributed by atoms with van der Waals surface area (Å²) >= 11 is 0. The third-order valence-corrected chi connectivity index (χ3v) is 5.92. The van der Waals surface area contributed by atoms with Crippen LogP contribution in [-0.2, 0) is 17.8 Å². The van der Waals surface area contributed by atoms with Crippen LogP contribution in [0.2, 0.25) is 0 Å². The molecule has 2 aromatic carbocycles. The van der Waals surface area contributed by atoms with Gasteiger partial charge in [0.25, 0.3) is 5.91 Å². The molecule has 1 saturated heterocycles. The highest BCUT2D eigenvalue weighted by Crippen LogP contribution is 2.31. The lowest BCUT2D eigenvalue weighted by Crippen LogP contribution is -2.47. The van der Waals surface area contributed by atoms with Crippen LogP contribution in [-0.4, -0.2) is 32.0 Å². The summed E-state index contributed by atoms with van der Waals surface area (Å²) in [6.07, 6.45) is 5.41. The van der Waals surface area contributed by atoms with Crippen molar-refractivity contribution in [2.24, 2.45) is 0 Å². The van der Waals surface area contributed by atoms with Crippen LogP contribution in [0.1, 0.15) is 42.0 Å². The van der Waals surface area contributed by atoms with E-state index < -0.39 is 0 Å². The summed E-state index contributed by atoms with van der Waals surface area (Å²) in [4.78, 5) is 19.2. The number of aryl methyl sites for hydroxylation is 2. The van der Waals surface area contributed by atoms with Gasteiger partial charge in [-0.15, -0.1) is 0 Å². The second kappa shape index (κ2) is 8.00. The van der Waals surface area contributed by atoms with E-state index in [1.165, 1.54) is 11.1 Å². The molecule has 0 saturated carbocycles. The normalized spacial score (nSPS) is 20.4. The Morgan fingerprint density at radius 1 is 1.16 bits per heavy atom. The Hall–Kier alpha value is -3.45. The molecule has 3 heterocycles. The standard InChI is InChI=1S/C24H25N5O2/c1-3-17-7-9-18(10-8-17)20-14-21-24(30)28(11-12-29(21)26-20)15-22-25-23(27-31-22)19-6-4-5-16(2)13-19/h4-13,20-21,26H,3,14-15H2,1-2H3. The van der Waals surface area contributed by atoms with Gasteiger partial charge < -0.3 is 14.4 Å². The summed E-state index contributed by atoms with van der Waals surface area (Å²) in [5, 5.41) is 5.99. The number of amides is 1. The van der Waals surface area contributed by atoms with Gasteiger partial charge in [-0.25, -0.2) is 5.43 Å². The number of rotatable bonds is 5. The molecule has 0 aliphatic carbocycles. The zero-order valence-electron chi connectivity index (χ0n) is 17.7. The van der Waals surface area contributed by atoms with Crippen LogP contribution < -0.4 is 5.43 Å². The van der Waals surface area contributed by atoms with Crippen molar-refractivity contribution in [3.8, 4) is 11.4 Å². The van der Waals surface area contributed by atoms with Gasteiger partial charge in [0.05, 0.1) is 6.04 Å². The lowest BCUT2D eigenvalue weighted by atomic mass is 9.99. The molecule has 0 bridgehead atoms. The van der Waals surface area contributed by atoms with Crippen LogP contribution in [0.15, 0.2) is 65.5 Å². The lowest BCUT2D eigenvalue weighted by molar-refractivity contribution is -0.135. The van der Waals surface area contributed by atoms with Gasteiger partial charge in [-0.2, -0.15) is 4.98 Å². The maximum atomic E-state index is 13.1. The number of benzene rings is 2. The summed E-state index contributed by atoms with van der Waals surface area (Å²) in [7, 11) is 0. The average Bonchev–Trinajstić information content (AvgIpc) is 3.44. The molecule has 5 rings (SSSR count). The van der Waals surface area contributed by atoms with Gasteiger partial charge in [-0.1, -0.05) is 60.1 Å². The fraction of sp³-hybridized carbons (Fsp3) is 0.292. The summed E-state index contributed by atoms with van der Waals surface area (Å²) in [5.74, 6) is 0.977. The van der Waals surface area contributed by atoms with Crippen LogP contribution in [0.4, 0.5) is 0 Å². The van der Waals surface area contributed by atoms with Gasteiger partial charge in [0, 0.05) is 18.0 Å². The predicted octanol–water partition coefficient (Wildman–Crippen LogP) is 3.74. The highest BCUT2D eigenvalue weighted by molar-refractivity contribution is 5.84. The number of nitrogens with one attached hydrogen (secondary N) is 1. The van der Waals surface area contributed by atoms with Crippen molar-refractivity contribution in [3.05, 3.63) is 83.5 Å². The van der Waals surface area contributed by atoms with Gasteiger partial charge in [-0.05, 0) is 37.0 Å². The first-order valence-corrected chi connectivity index (χ1v) is 10.6. The van der Waals surface area contributed by atoms with E-state index in [-0.39, 0.29) is 24.5 Å². The molecule has 1 amide bonds. The Morgan fingerprint density at radius 3 is 2.77 bits per heavy atom. The summed E-state index contributed by atoms with van der Waals surface area (Å²) in [5.41, 5.74) is 7.98. The van der Waals surface area contributed by atoms with E-state index in [9.17, 15) is 4.79 Å². The first-order valence-electron chi connectivity index (χ1n) is 10.6. The Labute approximate surface area is 181 Å². The highest BCUT2D eigenvalue weighted by Gasteiger charge is 2.40. The van der Waals surface area contributed by atoms with Crippen molar-refractivity contribution in [3.63, 3.8) is 0 Å². The summed E-state index contributed by atoms with van der Waals surface area (Å²) < 4.78 is 5.42. The first kappa shape index (κ1) is 19.5. The predicted molar refractivity (Wildman–Crippen MR) is 116 cm³/mol. The molecule has 2 unspecified atom stereocenters. The topological polar surface area (TPSA) is 74.5 Å². The molecule has 2 aliphatic rings. The molecule has 0 spiro atoms. The molecule has 1 N–H and O–H groups in total. The maximum Gasteiger partial charge on any atom is 0.251 e. The molecule has 158 valence electrons. The second-order valence-corrected chi connectivity index (χ2v) is 8.08. The lowest BCUT2D eigenvalue weighted by Gasteiger charge is -2.30. The largest absolute Gasteiger partial charge is 0.337 e.